The molecule has 1 aliphatic heterocycles. The third kappa shape index (κ3) is 3.23. The zero-order valence-electron chi connectivity index (χ0n) is 13.3. The van der Waals surface area contributed by atoms with Crippen LogP contribution >= 0.6 is 0 Å². The van der Waals surface area contributed by atoms with Crippen molar-refractivity contribution in [3.05, 3.63) is 49.1 Å². The molecule has 2 aromatic heterocycles. The van der Waals surface area contributed by atoms with Crippen molar-refractivity contribution in [3.8, 4) is 11.5 Å². The van der Waals surface area contributed by atoms with Gasteiger partial charge < -0.3 is 25.8 Å². The van der Waals surface area contributed by atoms with Gasteiger partial charge in [-0.25, -0.2) is 9.97 Å². The monoisotopic (exact) mass is 336 g/mol. The maximum atomic E-state index is 6.20. The molecule has 0 atom stereocenters. The first-order valence-electron chi connectivity index (χ1n) is 7.74. The van der Waals surface area contributed by atoms with Crippen molar-refractivity contribution < 1.29 is 9.47 Å². The van der Waals surface area contributed by atoms with Gasteiger partial charge in [-0.15, -0.1) is 0 Å². The Kier molecular flexibility index (Phi) is 3.91. The summed E-state index contributed by atoms with van der Waals surface area (Å²) in [5.74, 6) is 2.44. The first-order chi connectivity index (χ1) is 12.3. The first kappa shape index (κ1) is 15.0. The molecule has 0 saturated carbocycles. The Hall–Kier alpha value is -3.55. The fourth-order valence-corrected chi connectivity index (χ4v) is 2.42. The average Bonchev–Trinajstić information content (AvgIpc) is 2.66. The van der Waals surface area contributed by atoms with Gasteiger partial charge in [0, 0.05) is 29.8 Å². The van der Waals surface area contributed by atoms with E-state index in [0.717, 1.165) is 17.1 Å². The van der Waals surface area contributed by atoms with Crippen molar-refractivity contribution in [2.24, 2.45) is 0 Å². The summed E-state index contributed by atoms with van der Waals surface area (Å²) in [5.41, 5.74) is 8.24. The van der Waals surface area contributed by atoms with Crippen LogP contribution in [0.15, 0.2) is 49.1 Å². The van der Waals surface area contributed by atoms with Crippen molar-refractivity contribution in [2.75, 3.05) is 29.6 Å². The molecule has 8 nitrogen and oxygen atoms in total. The zero-order valence-corrected chi connectivity index (χ0v) is 13.3. The van der Waals surface area contributed by atoms with Crippen LogP contribution in [0.2, 0.25) is 0 Å². The number of nitrogen functional groups attached to an aromatic ring is 1. The highest BCUT2D eigenvalue weighted by Gasteiger charge is 2.13. The summed E-state index contributed by atoms with van der Waals surface area (Å²) < 4.78 is 11.1. The Labute approximate surface area is 144 Å². The highest BCUT2D eigenvalue weighted by atomic mass is 16.6. The number of nitrogens with two attached hydrogens (primary N) is 1. The van der Waals surface area contributed by atoms with E-state index in [2.05, 4.69) is 25.6 Å². The summed E-state index contributed by atoms with van der Waals surface area (Å²) in [6.07, 6.45) is 4.82. The number of ether oxygens (including phenoxy) is 2. The number of fused-ring (bicyclic) bond motifs is 1. The Morgan fingerprint density at radius 2 is 1.52 bits per heavy atom. The lowest BCUT2D eigenvalue weighted by Gasteiger charge is -2.19. The van der Waals surface area contributed by atoms with Crippen LogP contribution in [0.5, 0.6) is 11.5 Å². The molecule has 3 aromatic rings. The van der Waals surface area contributed by atoms with Crippen LogP contribution in [-0.2, 0) is 0 Å². The summed E-state index contributed by atoms with van der Waals surface area (Å²) in [7, 11) is 0. The summed E-state index contributed by atoms with van der Waals surface area (Å²) in [4.78, 5) is 12.4. The molecule has 4 N–H and O–H groups in total. The number of nitrogens with zero attached hydrogens (tertiary/aromatic N) is 3. The lowest BCUT2D eigenvalue weighted by molar-refractivity contribution is 0.171. The van der Waals surface area contributed by atoms with Gasteiger partial charge in [-0.1, -0.05) is 0 Å². The van der Waals surface area contributed by atoms with Crippen LogP contribution in [-0.4, -0.2) is 28.2 Å². The second kappa shape index (κ2) is 6.52. The second-order valence-corrected chi connectivity index (χ2v) is 5.33. The molecule has 25 heavy (non-hydrogen) atoms. The number of hydrogen-bond donors (Lipinski definition) is 3. The van der Waals surface area contributed by atoms with Crippen LogP contribution in [0.3, 0.4) is 0 Å². The molecule has 1 aliphatic rings. The Balaban J connectivity index is 1.58. The van der Waals surface area contributed by atoms with Gasteiger partial charge >= 0.3 is 0 Å². The van der Waals surface area contributed by atoms with Gasteiger partial charge in [0.05, 0.1) is 0 Å². The first-order valence-corrected chi connectivity index (χ1v) is 7.74. The maximum absolute atomic E-state index is 6.20. The SMILES string of the molecule is Nc1c(Nc2ccncc2)ncnc1Nc1ccc2c(c1)OCCO2. The summed E-state index contributed by atoms with van der Waals surface area (Å²) in [6, 6.07) is 9.24. The molecule has 0 aliphatic carbocycles. The van der Waals surface area contributed by atoms with E-state index in [0.29, 0.717) is 36.3 Å². The van der Waals surface area contributed by atoms with Crippen molar-refractivity contribution in [1.29, 1.82) is 0 Å². The fourth-order valence-electron chi connectivity index (χ4n) is 2.42. The topological polar surface area (TPSA) is 107 Å². The van der Waals surface area contributed by atoms with Crippen LogP contribution in [0.25, 0.3) is 0 Å². The van der Waals surface area contributed by atoms with Gasteiger partial charge in [0.2, 0.25) is 0 Å². The molecular formula is C17H16N6O2. The molecule has 8 heteroatoms. The number of nitrogens with one attached hydrogen (secondary N) is 2. The molecule has 0 radical (unpaired) electrons. The quantitative estimate of drug-likeness (QED) is 0.667. The van der Waals surface area contributed by atoms with Gasteiger partial charge in [-0.05, 0) is 24.3 Å². The van der Waals surface area contributed by atoms with E-state index in [-0.39, 0.29) is 0 Å². The highest BCUT2D eigenvalue weighted by Crippen LogP contribution is 2.35. The minimum Gasteiger partial charge on any atom is -0.486 e. The normalized spacial score (nSPS) is 12.5. The predicted molar refractivity (Wildman–Crippen MR) is 94.7 cm³/mol. The molecule has 0 saturated heterocycles. The Bertz CT molecular complexity index is 888. The predicted octanol–water partition coefficient (Wildman–Crippen LogP) is 2.71. The van der Waals surface area contributed by atoms with Crippen molar-refractivity contribution in [3.63, 3.8) is 0 Å². The molecule has 4 rings (SSSR count). The van der Waals surface area contributed by atoms with E-state index in [1.165, 1.54) is 6.33 Å². The molecule has 0 fully saturated rings. The van der Waals surface area contributed by atoms with E-state index in [1.54, 1.807) is 12.4 Å². The third-order valence-electron chi connectivity index (χ3n) is 3.63. The van der Waals surface area contributed by atoms with Crippen LogP contribution in [0.1, 0.15) is 0 Å². The van der Waals surface area contributed by atoms with Crippen molar-refractivity contribution in [2.45, 2.75) is 0 Å². The van der Waals surface area contributed by atoms with E-state index >= 15 is 0 Å². The van der Waals surface area contributed by atoms with Crippen LogP contribution in [0.4, 0.5) is 28.7 Å². The lowest BCUT2D eigenvalue weighted by Crippen LogP contribution is -2.15. The van der Waals surface area contributed by atoms with Gasteiger partial charge in [0.1, 0.15) is 25.2 Å². The lowest BCUT2D eigenvalue weighted by atomic mass is 10.2. The molecule has 126 valence electrons. The summed E-state index contributed by atoms with van der Waals surface area (Å²) in [6.45, 7) is 1.09. The number of anilines is 5. The van der Waals surface area contributed by atoms with E-state index in [9.17, 15) is 0 Å². The number of hydrogen-bond acceptors (Lipinski definition) is 8. The Morgan fingerprint density at radius 3 is 2.28 bits per heavy atom. The van der Waals surface area contributed by atoms with Gasteiger partial charge in [0.25, 0.3) is 0 Å². The maximum Gasteiger partial charge on any atom is 0.163 e. The molecule has 0 spiro atoms. The van der Waals surface area contributed by atoms with Crippen molar-refractivity contribution >= 4 is 28.7 Å². The largest absolute Gasteiger partial charge is 0.486 e. The summed E-state index contributed by atoms with van der Waals surface area (Å²) >= 11 is 0. The number of aromatic nitrogens is 3. The standard InChI is InChI=1S/C17H16N6O2/c18-15-16(22-11-3-5-19-6-4-11)20-10-21-17(15)23-12-1-2-13-14(9-12)25-8-7-24-13/h1-6,9-10H,7-8,18H2,(H2,19,20,21,22,23). The number of rotatable bonds is 4. The van der Waals surface area contributed by atoms with Gasteiger partial charge in [0.15, 0.2) is 23.1 Å². The zero-order chi connectivity index (χ0) is 17.1. The Morgan fingerprint density at radius 1 is 0.840 bits per heavy atom. The van der Waals surface area contributed by atoms with Gasteiger partial charge in [-0.2, -0.15) is 0 Å². The molecule has 0 unspecified atom stereocenters. The average molecular weight is 336 g/mol. The van der Waals surface area contributed by atoms with Crippen LogP contribution in [0, 0.1) is 0 Å². The third-order valence-corrected chi connectivity index (χ3v) is 3.63. The smallest absolute Gasteiger partial charge is 0.163 e. The molecule has 0 bridgehead atoms. The second-order valence-electron chi connectivity index (χ2n) is 5.33. The number of pyridine rings is 1. The van der Waals surface area contributed by atoms with E-state index < -0.39 is 0 Å². The number of benzene rings is 1. The fraction of sp³-hybridized carbons (Fsp3) is 0.118. The molecule has 3 heterocycles. The molecular weight excluding hydrogens is 320 g/mol. The van der Waals surface area contributed by atoms with Crippen molar-refractivity contribution in [1.82, 2.24) is 15.0 Å². The molecule has 0 amide bonds. The van der Waals surface area contributed by atoms with E-state index in [1.807, 2.05) is 30.3 Å². The van der Waals surface area contributed by atoms with Gasteiger partial charge in [-0.3, -0.25) is 4.98 Å². The minimum absolute atomic E-state index is 0.411. The van der Waals surface area contributed by atoms with Crippen LogP contribution < -0.4 is 25.8 Å². The minimum atomic E-state index is 0.411. The van der Waals surface area contributed by atoms with E-state index in [4.69, 9.17) is 15.2 Å². The highest BCUT2D eigenvalue weighted by molar-refractivity contribution is 5.80. The molecule has 1 aromatic carbocycles. The summed E-state index contributed by atoms with van der Waals surface area (Å²) in [5, 5.41) is 6.33.